The van der Waals surface area contributed by atoms with Crippen LogP contribution in [0.2, 0.25) is 0 Å². The number of hydrogen-bond donors (Lipinski definition) is 2. The SMILES string of the molecule is CN(CC1CCCN1C)c1cc(C(N)=NO)ccn1. The van der Waals surface area contributed by atoms with Crippen LogP contribution in [0.1, 0.15) is 18.4 Å². The minimum atomic E-state index is 0.107. The van der Waals surface area contributed by atoms with E-state index in [4.69, 9.17) is 10.9 Å². The molecule has 1 atom stereocenters. The van der Waals surface area contributed by atoms with Gasteiger partial charge in [0.05, 0.1) is 0 Å². The van der Waals surface area contributed by atoms with E-state index in [1.54, 1.807) is 12.3 Å². The molecule has 1 saturated heterocycles. The second kappa shape index (κ2) is 5.88. The maximum absolute atomic E-state index is 8.70. The number of likely N-dealkylation sites (N-methyl/N-ethyl adjacent to an activating group) is 2. The Morgan fingerprint density at radius 1 is 1.68 bits per heavy atom. The number of anilines is 1. The number of nitrogens with two attached hydrogens (primary N) is 1. The fraction of sp³-hybridized carbons (Fsp3) is 0.538. The van der Waals surface area contributed by atoms with Crippen molar-refractivity contribution in [3.8, 4) is 0 Å². The van der Waals surface area contributed by atoms with Crippen LogP contribution in [0.25, 0.3) is 0 Å². The summed E-state index contributed by atoms with van der Waals surface area (Å²) in [4.78, 5) is 8.83. The van der Waals surface area contributed by atoms with Gasteiger partial charge in [-0.15, -0.1) is 0 Å². The molecule has 3 N–H and O–H groups in total. The average molecular weight is 263 g/mol. The summed E-state index contributed by atoms with van der Waals surface area (Å²) < 4.78 is 0. The smallest absolute Gasteiger partial charge is 0.170 e. The quantitative estimate of drug-likeness (QED) is 0.362. The highest BCUT2D eigenvalue weighted by atomic mass is 16.4. The minimum absolute atomic E-state index is 0.107. The Morgan fingerprint density at radius 3 is 3.11 bits per heavy atom. The van der Waals surface area contributed by atoms with Crippen molar-refractivity contribution in [1.82, 2.24) is 9.88 Å². The molecule has 0 aromatic carbocycles. The van der Waals surface area contributed by atoms with E-state index in [0.717, 1.165) is 18.9 Å². The number of amidine groups is 1. The molecular formula is C13H21N5O. The van der Waals surface area contributed by atoms with E-state index in [9.17, 15) is 0 Å². The van der Waals surface area contributed by atoms with Gasteiger partial charge in [0.25, 0.3) is 0 Å². The molecule has 0 bridgehead atoms. The summed E-state index contributed by atoms with van der Waals surface area (Å²) in [6.07, 6.45) is 4.16. The molecule has 0 aliphatic carbocycles. The molecule has 1 aromatic heterocycles. The standard InChI is InChI=1S/C13H21N5O/c1-17-7-3-4-11(17)9-18(2)12-8-10(5-6-15-12)13(14)16-19/h5-6,8,11,19H,3-4,7,9H2,1-2H3,(H2,14,16). The van der Waals surface area contributed by atoms with Gasteiger partial charge in [-0.3, -0.25) is 0 Å². The summed E-state index contributed by atoms with van der Waals surface area (Å²) >= 11 is 0. The van der Waals surface area contributed by atoms with Crippen molar-refractivity contribution in [3.05, 3.63) is 23.9 Å². The first kappa shape index (κ1) is 13.6. The lowest BCUT2D eigenvalue weighted by Crippen LogP contribution is -2.37. The molecule has 19 heavy (non-hydrogen) atoms. The highest BCUT2D eigenvalue weighted by Gasteiger charge is 2.22. The van der Waals surface area contributed by atoms with Gasteiger partial charge in [-0.2, -0.15) is 0 Å². The van der Waals surface area contributed by atoms with Crippen molar-refractivity contribution in [3.63, 3.8) is 0 Å². The molecule has 2 heterocycles. The Balaban J connectivity index is 2.08. The first-order valence-electron chi connectivity index (χ1n) is 6.47. The Labute approximate surface area is 113 Å². The Hall–Kier alpha value is -1.82. The van der Waals surface area contributed by atoms with Crippen molar-refractivity contribution in [2.75, 3.05) is 32.1 Å². The van der Waals surface area contributed by atoms with E-state index in [0.29, 0.717) is 11.6 Å². The fourth-order valence-electron chi connectivity index (χ4n) is 2.46. The monoisotopic (exact) mass is 263 g/mol. The third-order valence-electron chi connectivity index (χ3n) is 3.70. The topological polar surface area (TPSA) is 78.0 Å². The Bertz CT molecular complexity index is 462. The molecule has 0 saturated carbocycles. The Kier molecular flexibility index (Phi) is 4.21. The molecule has 0 spiro atoms. The van der Waals surface area contributed by atoms with Gasteiger partial charge in [-0.05, 0) is 38.6 Å². The van der Waals surface area contributed by atoms with Crippen LogP contribution < -0.4 is 10.6 Å². The fourth-order valence-corrected chi connectivity index (χ4v) is 2.46. The number of nitrogens with zero attached hydrogens (tertiary/aromatic N) is 4. The van der Waals surface area contributed by atoms with Crippen molar-refractivity contribution in [1.29, 1.82) is 0 Å². The summed E-state index contributed by atoms with van der Waals surface area (Å²) in [6.45, 7) is 2.10. The van der Waals surface area contributed by atoms with Gasteiger partial charge in [0, 0.05) is 31.4 Å². The lowest BCUT2D eigenvalue weighted by atomic mass is 10.2. The summed E-state index contributed by atoms with van der Waals surface area (Å²) in [5.41, 5.74) is 6.27. The van der Waals surface area contributed by atoms with Crippen molar-refractivity contribution < 1.29 is 5.21 Å². The van der Waals surface area contributed by atoms with E-state index in [2.05, 4.69) is 27.0 Å². The number of oxime groups is 1. The highest BCUT2D eigenvalue weighted by Crippen LogP contribution is 2.18. The van der Waals surface area contributed by atoms with Crippen LogP contribution in [0.3, 0.4) is 0 Å². The number of hydrogen-bond acceptors (Lipinski definition) is 5. The van der Waals surface area contributed by atoms with E-state index < -0.39 is 0 Å². The van der Waals surface area contributed by atoms with Gasteiger partial charge in [-0.25, -0.2) is 4.98 Å². The highest BCUT2D eigenvalue weighted by molar-refractivity contribution is 5.97. The Morgan fingerprint density at radius 2 is 2.47 bits per heavy atom. The van der Waals surface area contributed by atoms with Gasteiger partial charge in [0.2, 0.25) is 0 Å². The molecule has 1 unspecified atom stereocenters. The summed E-state index contributed by atoms with van der Waals surface area (Å²) in [5, 5.41) is 11.7. The van der Waals surface area contributed by atoms with E-state index >= 15 is 0 Å². The van der Waals surface area contributed by atoms with Crippen LogP contribution in [-0.2, 0) is 0 Å². The summed E-state index contributed by atoms with van der Waals surface area (Å²) in [6, 6.07) is 4.14. The number of aromatic nitrogens is 1. The number of pyridine rings is 1. The zero-order valence-corrected chi connectivity index (χ0v) is 11.5. The van der Waals surface area contributed by atoms with Crippen LogP contribution in [0, 0.1) is 0 Å². The molecule has 2 rings (SSSR count). The van der Waals surface area contributed by atoms with Crippen molar-refractivity contribution in [2.45, 2.75) is 18.9 Å². The zero-order valence-electron chi connectivity index (χ0n) is 11.5. The van der Waals surface area contributed by atoms with Gasteiger partial charge in [0.1, 0.15) is 5.82 Å². The maximum Gasteiger partial charge on any atom is 0.170 e. The zero-order chi connectivity index (χ0) is 13.8. The van der Waals surface area contributed by atoms with Crippen molar-refractivity contribution in [2.24, 2.45) is 10.9 Å². The van der Waals surface area contributed by atoms with Crippen LogP contribution in [0.5, 0.6) is 0 Å². The minimum Gasteiger partial charge on any atom is -0.409 e. The number of rotatable bonds is 4. The van der Waals surface area contributed by atoms with E-state index in [-0.39, 0.29) is 5.84 Å². The second-order valence-corrected chi connectivity index (χ2v) is 5.05. The first-order valence-corrected chi connectivity index (χ1v) is 6.47. The van der Waals surface area contributed by atoms with Crippen LogP contribution in [0.4, 0.5) is 5.82 Å². The van der Waals surface area contributed by atoms with Crippen molar-refractivity contribution >= 4 is 11.7 Å². The molecule has 1 fully saturated rings. The van der Waals surface area contributed by atoms with E-state index in [1.807, 2.05) is 13.1 Å². The van der Waals surface area contributed by atoms with Crippen LogP contribution in [-0.4, -0.2) is 54.2 Å². The summed E-state index contributed by atoms with van der Waals surface area (Å²) in [7, 11) is 4.18. The molecule has 0 radical (unpaired) electrons. The van der Waals surface area contributed by atoms with Gasteiger partial charge in [0.15, 0.2) is 5.84 Å². The normalized spacial score (nSPS) is 20.7. The molecule has 1 aliphatic heterocycles. The molecule has 6 heteroatoms. The lowest BCUT2D eigenvalue weighted by molar-refractivity contribution is 0.314. The average Bonchev–Trinajstić information content (AvgIpc) is 2.83. The second-order valence-electron chi connectivity index (χ2n) is 5.05. The molecule has 1 aromatic rings. The molecule has 1 aliphatic rings. The van der Waals surface area contributed by atoms with Gasteiger partial charge >= 0.3 is 0 Å². The van der Waals surface area contributed by atoms with E-state index in [1.165, 1.54) is 12.8 Å². The molecule has 104 valence electrons. The predicted octanol–water partition coefficient (Wildman–Crippen LogP) is 0.707. The van der Waals surface area contributed by atoms with Gasteiger partial charge in [-0.1, -0.05) is 5.16 Å². The first-order chi connectivity index (χ1) is 9.11. The third kappa shape index (κ3) is 3.14. The summed E-state index contributed by atoms with van der Waals surface area (Å²) in [5.74, 6) is 0.944. The maximum atomic E-state index is 8.70. The van der Waals surface area contributed by atoms with Crippen LogP contribution in [0.15, 0.2) is 23.5 Å². The lowest BCUT2D eigenvalue weighted by Gasteiger charge is -2.26. The molecule has 6 nitrogen and oxygen atoms in total. The molecular weight excluding hydrogens is 242 g/mol. The number of likely N-dealkylation sites (tertiary alicyclic amines) is 1. The largest absolute Gasteiger partial charge is 0.409 e. The van der Waals surface area contributed by atoms with Gasteiger partial charge < -0.3 is 20.7 Å². The predicted molar refractivity (Wildman–Crippen MR) is 75.7 cm³/mol. The van der Waals surface area contributed by atoms with Crippen LogP contribution >= 0.6 is 0 Å². The third-order valence-corrected chi connectivity index (χ3v) is 3.70. The molecule has 0 amide bonds.